The summed E-state index contributed by atoms with van der Waals surface area (Å²) in [5, 5.41) is 2.59. The SMILES string of the molecule is CCOP(=O)(CCSc1ccc(N2C[C@@H](CNC(C)=O)OC2=O)cc1F)OCC. The fraction of sp³-hybridized carbons (Fsp3) is 0.556. The number of halogens is 1. The second-order valence-corrected chi connectivity index (χ2v) is 9.51. The van der Waals surface area contributed by atoms with Crippen LogP contribution < -0.4 is 10.2 Å². The number of thioether (sulfide) groups is 1. The van der Waals surface area contributed by atoms with Crippen LogP contribution in [0.15, 0.2) is 23.1 Å². The third-order valence-corrected chi connectivity index (χ3v) is 7.38. The smallest absolute Gasteiger partial charge is 0.414 e. The van der Waals surface area contributed by atoms with Crippen molar-refractivity contribution < 1.29 is 32.3 Å². The number of nitrogens with zero attached hydrogens (tertiary/aromatic N) is 1. The lowest BCUT2D eigenvalue weighted by atomic mass is 10.2. The van der Waals surface area contributed by atoms with Crippen molar-refractivity contribution in [3.8, 4) is 0 Å². The van der Waals surface area contributed by atoms with Gasteiger partial charge in [0.2, 0.25) is 5.91 Å². The highest BCUT2D eigenvalue weighted by molar-refractivity contribution is 7.99. The van der Waals surface area contributed by atoms with E-state index >= 15 is 0 Å². The van der Waals surface area contributed by atoms with Crippen LogP contribution in [0.25, 0.3) is 0 Å². The van der Waals surface area contributed by atoms with Gasteiger partial charge in [0.15, 0.2) is 0 Å². The molecule has 0 aliphatic carbocycles. The molecule has 1 aliphatic rings. The molecule has 8 nitrogen and oxygen atoms in total. The van der Waals surface area contributed by atoms with Gasteiger partial charge in [-0.2, -0.15) is 0 Å². The first-order valence-corrected chi connectivity index (χ1v) is 12.0. The lowest BCUT2D eigenvalue weighted by molar-refractivity contribution is -0.119. The van der Waals surface area contributed by atoms with E-state index < -0.39 is 25.6 Å². The molecule has 0 radical (unpaired) electrons. The summed E-state index contributed by atoms with van der Waals surface area (Å²) in [6.07, 6.45) is -0.909. The molecular formula is C18H26FN2O6PS. The van der Waals surface area contributed by atoms with E-state index in [0.717, 1.165) is 0 Å². The highest BCUT2D eigenvalue weighted by atomic mass is 32.2. The number of hydrogen-bond donors (Lipinski definition) is 1. The third-order valence-electron chi connectivity index (χ3n) is 3.95. The standard InChI is InChI=1S/C18H26FN2O6PS/c1-4-25-28(24,26-5-2)8-9-29-17-7-6-14(10-16(17)19)21-12-15(27-18(21)23)11-20-13(3)22/h6-7,10,15H,4-5,8-9,11-12H2,1-3H3,(H,20,22)/t15-/m1/s1. The predicted octanol–water partition coefficient (Wildman–Crippen LogP) is 3.65. The molecule has 11 heteroatoms. The normalized spacial score (nSPS) is 16.8. The van der Waals surface area contributed by atoms with Crippen LogP contribution in [0.2, 0.25) is 0 Å². The highest BCUT2D eigenvalue weighted by Gasteiger charge is 2.32. The fourth-order valence-corrected chi connectivity index (χ4v) is 5.66. The first kappa shape index (κ1) is 23.7. The van der Waals surface area contributed by atoms with Crippen molar-refractivity contribution in [3.63, 3.8) is 0 Å². The van der Waals surface area contributed by atoms with Gasteiger partial charge in [-0.3, -0.25) is 14.3 Å². The Kier molecular flexibility index (Phi) is 8.95. The number of cyclic esters (lactones) is 1. The van der Waals surface area contributed by atoms with E-state index in [9.17, 15) is 18.5 Å². The molecule has 0 spiro atoms. The highest BCUT2D eigenvalue weighted by Crippen LogP contribution is 2.48. The van der Waals surface area contributed by atoms with Crippen molar-refractivity contribution in [1.29, 1.82) is 0 Å². The van der Waals surface area contributed by atoms with Gasteiger partial charge in [-0.15, -0.1) is 11.8 Å². The molecule has 2 amide bonds. The summed E-state index contributed by atoms with van der Waals surface area (Å²) in [5.74, 6) is -0.351. The lowest BCUT2D eigenvalue weighted by Gasteiger charge is -2.17. The summed E-state index contributed by atoms with van der Waals surface area (Å²) >= 11 is 1.20. The van der Waals surface area contributed by atoms with E-state index in [0.29, 0.717) is 16.3 Å². The first-order valence-electron chi connectivity index (χ1n) is 9.31. The van der Waals surface area contributed by atoms with Gasteiger partial charge < -0.3 is 19.1 Å². The molecule has 0 unspecified atom stereocenters. The molecule has 0 aromatic heterocycles. The molecule has 1 heterocycles. The van der Waals surface area contributed by atoms with Gasteiger partial charge >= 0.3 is 13.7 Å². The Morgan fingerprint density at radius 2 is 2.07 bits per heavy atom. The molecule has 1 aromatic rings. The maximum Gasteiger partial charge on any atom is 0.414 e. The molecule has 29 heavy (non-hydrogen) atoms. The number of carbonyl (C=O) groups is 2. The number of anilines is 1. The Bertz CT molecular complexity index is 771. The lowest BCUT2D eigenvalue weighted by Crippen LogP contribution is -2.33. The summed E-state index contributed by atoms with van der Waals surface area (Å²) in [5.41, 5.74) is 0.372. The number of nitrogens with one attached hydrogen (secondary N) is 1. The summed E-state index contributed by atoms with van der Waals surface area (Å²) in [6, 6.07) is 4.45. The molecule has 162 valence electrons. The van der Waals surface area contributed by atoms with E-state index in [1.165, 1.54) is 29.7 Å². The van der Waals surface area contributed by atoms with Crippen LogP contribution in [-0.4, -0.2) is 56.3 Å². The molecule has 0 saturated carbocycles. The maximum absolute atomic E-state index is 14.5. The van der Waals surface area contributed by atoms with Crippen LogP contribution in [0.5, 0.6) is 0 Å². The molecule has 0 bridgehead atoms. The minimum Gasteiger partial charge on any atom is -0.442 e. The number of hydrogen-bond acceptors (Lipinski definition) is 7. The van der Waals surface area contributed by atoms with Crippen molar-refractivity contribution in [2.45, 2.75) is 31.8 Å². The molecule has 1 fully saturated rings. The number of ether oxygens (including phenoxy) is 1. The summed E-state index contributed by atoms with van der Waals surface area (Å²) in [6.45, 7) is 5.83. The Morgan fingerprint density at radius 1 is 1.38 bits per heavy atom. The van der Waals surface area contributed by atoms with Crippen molar-refractivity contribution in [3.05, 3.63) is 24.0 Å². The second-order valence-electron chi connectivity index (χ2n) is 6.19. The fourth-order valence-electron chi connectivity index (χ4n) is 2.70. The molecule has 2 rings (SSSR count). The van der Waals surface area contributed by atoms with Crippen LogP contribution in [0.4, 0.5) is 14.9 Å². The summed E-state index contributed by atoms with van der Waals surface area (Å²) < 4.78 is 42.6. The van der Waals surface area contributed by atoms with Gasteiger partial charge in [0.05, 0.1) is 38.2 Å². The molecule has 1 aliphatic heterocycles. The third kappa shape index (κ3) is 6.99. The second kappa shape index (κ2) is 11.0. The van der Waals surface area contributed by atoms with Crippen molar-refractivity contribution in [2.24, 2.45) is 0 Å². The average molecular weight is 448 g/mol. The Balaban J connectivity index is 1.95. The van der Waals surface area contributed by atoms with Crippen LogP contribution >= 0.6 is 19.4 Å². The Hall–Kier alpha value is -1.61. The Morgan fingerprint density at radius 3 is 2.66 bits per heavy atom. The predicted molar refractivity (Wildman–Crippen MR) is 109 cm³/mol. The molecule has 1 saturated heterocycles. The summed E-state index contributed by atoms with van der Waals surface area (Å²) in [4.78, 5) is 24.7. The molecular weight excluding hydrogens is 422 g/mol. The molecule has 1 atom stereocenters. The van der Waals surface area contributed by atoms with E-state index in [4.69, 9.17) is 13.8 Å². The van der Waals surface area contributed by atoms with Crippen LogP contribution in [-0.2, 0) is 23.1 Å². The van der Waals surface area contributed by atoms with Crippen LogP contribution in [0, 0.1) is 5.82 Å². The minimum absolute atomic E-state index is 0.170. The molecule has 1 N–H and O–H groups in total. The van der Waals surface area contributed by atoms with Crippen molar-refractivity contribution in [2.75, 3.05) is 43.1 Å². The van der Waals surface area contributed by atoms with E-state index in [1.54, 1.807) is 26.0 Å². The van der Waals surface area contributed by atoms with Gasteiger partial charge in [0.25, 0.3) is 0 Å². The Labute approximate surface area is 174 Å². The monoisotopic (exact) mass is 448 g/mol. The largest absolute Gasteiger partial charge is 0.442 e. The number of benzene rings is 1. The van der Waals surface area contributed by atoms with Gasteiger partial charge in [-0.05, 0) is 32.0 Å². The van der Waals surface area contributed by atoms with E-state index in [1.807, 2.05) is 0 Å². The minimum atomic E-state index is -3.17. The van der Waals surface area contributed by atoms with Gasteiger partial charge in [-0.25, -0.2) is 9.18 Å². The maximum atomic E-state index is 14.5. The zero-order valence-corrected chi connectivity index (χ0v) is 18.4. The van der Waals surface area contributed by atoms with Crippen LogP contribution in [0.1, 0.15) is 20.8 Å². The quantitative estimate of drug-likeness (QED) is 0.408. The first-order chi connectivity index (χ1) is 13.8. The summed E-state index contributed by atoms with van der Waals surface area (Å²) in [7, 11) is -3.17. The van der Waals surface area contributed by atoms with E-state index in [2.05, 4.69) is 5.32 Å². The zero-order chi connectivity index (χ0) is 21.4. The zero-order valence-electron chi connectivity index (χ0n) is 16.7. The number of amides is 2. The van der Waals surface area contributed by atoms with Gasteiger partial charge in [0, 0.05) is 17.6 Å². The van der Waals surface area contributed by atoms with Crippen molar-refractivity contribution in [1.82, 2.24) is 5.32 Å². The van der Waals surface area contributed by atoms with E-state index in [-0.39, 0.29) is 38.4 Å². The van der Waals surface area contributed by atoms with Crippen LogP contribution in [0.3, 0.4) is 0 Å². The number of rotatable bonds is 11. The van der Waals surface area contributed by atoms with Gasteiger partial charge in [-0.1, -0.05) is 0 Å². The van der Waals surface area contributed by atoms with Crippen molar-refractivity contribution >= 4 is 37.0 Å². The number of carbonyl (C=O) groups excluding carboxylic acids is 2. The topological polar surface area (TPSA) is 94.2 Å². The average Bonchev–Trinajstić information content (AvgIpc) is 3.02. The van der Waals surface area contributed by atoms with Gasteiger partial charge in [0.1, 0.15) is 11.9 Å². The molecule has 1 aromatic carbocycles.